The number of likely N-dealkylation sites (N-methyl/N-ethyl adjacent to an activating group) is 2. The minimum atomic E-state index is 0.286. The molecule has 0 aromatic rings. The van der Waals surface area contributed by atoms with Gasteiger partial charge < -0.3 is 10.6 Å². The number of nitrogens with zero attached hydrogens (tertiary/aromatic N) is 3. The maximum atomic E-state index is 5.84. The zero-order valence-corrected chi connectivity index (χ0v) is 10.6. The average molecular weight is 214 g/mol. The van der Waals surface area contributed by atoms with E-state index in [0.717, 1.165) is 32.7 Å². The SMILES string of the molecule is CC(N)CN1CCN(C)C(CN(C)C)C1. The van der Waals surface area contributed by atoms with Crippen molar-refractivity contribution in [3.8, 4) is 0 Å². The molecule has 0 spiro atoms. The van der Waals surface area contributed by atoms with Crippen molar-refractivity contribution in [2.24, 2.45) is 5.73 Å². The summed E-state index contributed by atoms with van der Waals surface area (Å²) in [6, 6.07) is 0.931. The highest BCUT2D eigenvalue weighted by Gasteiger charge is 2.24. The van der Waals surface area contributed by atoms with Crippen LogP contribution in [0.25, 0.3) is 0 Å². The monoisotopic (exact) mass is 214 g/mol. The van der Waals surface area contributed by atoms with Gasteiger partial charge in [-0.15, -0.1) is 0 Å². The van der Waals surface area contributed by atoms with Crippen molar-refractivity contribution >= 4 is 0 Å². The second kappa shape index (κ2) is 5.80. The normalized spacial score (nSPS) is 27.2. The Morgan fingerprint density at radius 1 is 1.40 bits per heavy atom. The van der Waals surface area contributed by atoms with Crippen LogP contribution >= 0.6 is 0 Å². The molecule has 0 aromatic heterocycles. The van der Waals surface area contributed by atoms with Gasteiger partial charge in [-0.1, -0.05) is 0 Å². The molecular weight excluding hydrogens is 188 g/mol. The van der Waals surface area contributed by atoms with E-state index in [9.17, 15) is 0 Å². The van der Waals surface area contributed by atoms with Crippen LogP contribution < -0.4 is 5.73 Å². The third-order valence-electron chi connectivity index (χ3n) is 2.98. The standard InChI is InChI=1S/C11H26N4/c1-10(12)7-15-6-5-14(4)11(9-15)8-13(2)3/h10-11H,5-9,12H2,1-4H3. The molecule has 1 aliphatic heterocycles. The summed E-state index contributed by atoms with van der Waals surface area (Å²) >= 11 is 0. The van der Waals surface area contributed by atoms with Gasteiger partial charge in [0.1, 0.15) is 0 Å². The zero-order valence-electron chi connectivity index (χ0n) is 10.6. The fraction of sp³-hybridized carbons (Fsp3) is 1.00. The first-order valence-corrected chi connectivity index (χ1v) is 5.82. The van der Waals surface area contributed by atoms with Gasteiger partial charge >= 0.3 is 0 Å². The molecule has 2 N–H and O–H groups in total. The lowest BCUT2D eigenvalue weighted by Gasteiger charge is -2.41. The minimum absolute atomic E-state index is 0.286. The molecule has 1 rings (SSSR count). The van der Waals surface area contributed by atoms with Gasteiger partial charge in [0, 0.05) is 44.8 Å². The van der Waals surface area contributed by atoms with Gasteiger partial charge in [0.2, 0.25) is 0 Å². The Kier molecular flexibility index (Phi) is 4.99. The number of hydrogen-bond donors (Lipinski definition) is 1. The molecule has 1 saturated heterocycles. The molecule has 0 aromatic carbocycles. The molecule has 4 heteroatoms. The van der Waals surface area contributed by atoms with E-state index in [1.54, 1.807) is 0 Å². The molecule has 0 aliphatic carbocycles. The second-order valence-corrected chi connectivity index (χ2v) is 5.13. The number of piperazine rings is 1. The summed E-state index contributed by atoms with van der Waals surface area (Å²) in [4.78, 5) is 7.20. The maximum absolute atomic E-state index is 5.84. The third-order valence-corrected chi connectivity index (χ3v) is 2.98. The predicted molar refractivity (Wildman–Crippen MR) is 65.1 cm³/mol. The van der Waals surface area contributed by atoms with Gasteiger partial charge in [-0.05, 0) is 28.1 Å². The number of nitrogens with two attached hydrogens (primary N) is 1. The molecule has 90 valence electrons. The van der Waals surface area contributed by atoms with E-state index in [1.165, 1.54) is 0 Å². The van der Waals surface area contributed by atoms with Crippen molar-refractivity contribution < 1.29 is 0 Å². The molecule has 2 atom stereocenters. The Morgan fingerprint density at radius 3 is 2.60 bits per heavy atom. The Hall–Kier alpha value is -0.160. The van der Waals surface area contributed by atoms with Crippen LogP contribution in [0.15, 0.2) is 0 Å². The van der Waals surface area contributed by atoms with Crippen LogP contribution in [0.1, 0.15) is 6.92 Å². The Labute approximate surface area is 94.0 Å². The fourth-order valence-electron chi connectivity index (χ4n) is 2.20. The van der Waals surface area contributed by atoms with Crippen molar-refractivity contribution in [2.75, 3.05) is 53.9 Å². The van der Waals surface area contributed by atoms with E-state index in [0.29, 0.717) is 6.04 Å². The quantitative estimate of drug-likeness (QED) is 0.685. The summed E-state index contributed by atoms with van der Waals surface area (Å²) in [6.07, 6.45) is 0. The van der Waals surface area contributed by atoms with E-state index < -0.39 is 0 Å². The highest BCUT2D eigenvalue weighted by Crippen LogP contribution is 2.08. The minimum Gasteiger partial charge on any atom is -0.327 e. The number of rotatable bonds is 4. The largest absolute Gasteiger partial charge is 0.327 e. The molecule has 0 bridgehead atoms. The molecule has 0 radical (unpaired) electrons. The van der Waals surface area contributed by atoms with E-state index in [1.807, 2.05) is 0 Å². The molecule has 2 unspecified atom stereocenters. The molecule has 1 aliphatic rings. The molecule has 1 heterocycles. The van der Waals surface area contributed by atoms with Gasteiger partial charge in [-0.25, -0.2) is 0 Å². The van der Waals surface area contributed by atoms with Crippen LogP contribution in [0.5, 0.6) is 0 Å². The van der Waals surface area contributed by atoms with Gasteiger partial charge in [0.05, 0.1) is 0 Å². The van der Waals surface area contributed by atoms with Gasteiger partial charge in [0.15, 0.2) is 0 Å². The summed E-state index contributed by atoms with van der Waals surface area (Å²) in [6.45, 7) is 7.70. The Balaban J connectivity index is 2.41. The topological polar surface area (TPSA) is 35.7 Å². The summed E-state index contributed by atoms with van der Waals surface area (Å²) in [7, 11) is 6.49. The summed E-state index contributed by atoms with van der Waals surface area (Å²) < 4.78 is 0. The van der Waals surface area contributed by atoms with Crippen LogP contribution in [0.2, 0.25) is 0 Å². The highest BCUT2D eigenvalue weighted by molar-refractivity contribution is 4.82. The van der Waals surface area contributed by atoms with E-state index in [-0.39, 0.29) is 6.04 Å². The van der Waals surface area contributed by atoms with Gasteiger partial charge in [-0.2, -0.15) is 0 Å². The summed E-state index contributed by atoms with van der Waals surface area (Å²) in [5.74, 6) is 0. The van der Waals surface area contributed by atoms with Gasteiger partial charge in [0.25, 0.3) is 0 Å². The zero-order chi connectivity index (χ0) is 11.4. The third kappa shape index (κ3) is 4.47. The molecule has 4 nitrogen and oxygen atoms in total. The molecule has 0 saturated carbocycles. The van der Waals surface area contributed by atoms with Crippen LogP contribution in [-0.2, 0) is 0 Å². The highest BCUT2D eigenvalue weighted by atomic mass is 15.3. The second-order valence-electron chi connectivity index (χ2n) is 5.13. The molecule has 0 amide bonds. The smallest absolute Gasteiger partial charge is 0.0347 e. The lowest BCUT2D eigenvalue weighted by atomic mass is 10.1. The first-order chi connectivity index (χ1) is 6.99. The lowest BCUT2D eigenvalue weighted by Crippen LogP contribution is -2.56. The van der Waals surface area contributed by atoms with Crippen LogP contribution in [-0.4, -0.2) is 80.7 Å². The van der Waals surface area contributed by atoms with E-state index >= 15 is 0 Å². The average Bonchev–Trinajstić information content (AvgIpc) is 2.09. The lowest BCUT2D eigenvalue weighted by molar-refractivity contribution is 0.0767. The van der Waals surface area contributed by atoms with E-state index in [2.05, 4.69) is 42.8 Å². The Morgan fingerprint density at radius 2 is 2.07 bits per heavy atom. The summed E-state index contributed by atoms with van der Waals surface area (Å²) in [5.41, 5.74) is 5.84. The van der Waals surface area contributed by atoms with Crippen LogP contribution in [0.4, 0.5) is 0 Å². The fourth-order valence-corrected chi connectivity index (χ4v) is 2.20. The molecule has 15 heavy (non-hydrogen) atoms. The van der Waals surface area contributed by atoms with Crippen molar-refractivity contribution in [3.63, 3.8) is 0 Å². The van der Waals surface area contributed by atoms with Crippen molar-refractivity contribution in [1.29, 1.82) is 0 Å². The van der Waals surface area contributed by atoms with Crippen LogP contribution in [0, 0.1) is 0 Å². The summed E-state index contributed by atoms with van der Waals surface area (Å²) in [5, 5.41) is 0. The first kappa shape index (κ1) is 12.9. The van der Waals surface area contributed by atoms with Crippen molar-refractivity contribution in [1.82, 2.24) is 14.7 Å². The molecule has 1 fully saturated rings. The van der Waals surface area contributed by atoms with Crippen molar-refractivity contribution in [2.45, 2.75) is 19.0 Å². The predicted octanol–water partition coefficient (Wildman–Crippen LogP) is -0.489. The maximum Gasteiger partial charge on any atom is 0.0347 e. The number of hydrogen-bond acceptors (Lipinski definition) is 4. The first-order valence-electron chi connectivity index (χ1n) is 5.82. The van der Waals surface area contributed by atoms with Crippen molar-refractivity contribution in [3.05, 3.63) is 0 Å². The Bertz CT molecular complexity index is 181. The van der Waals surface area contributed by atoms with E-state index in [4.69, 9.17) is 5.73 Å². The van der Waals surface area contributed by atoms with Gasteiger partial charge in [-0.3, -0.25) is 9.80 Å². The van der Waals surface area contributed by atoms with Crippen LogP contribution in [0.3, 0.4) is 0 Å². The molecular formula is C11H26N4.